The second-order valence-electron chi connectivity index (χ2n) is 6.54. The van der Waals surface area contributed by atoms with Gasteiger partial charge in [-0.25, -0.2) is 13.6 Å². The zero-order valence-electron chi connectivity index (χ0n) is 14.4. The fourth-order valence-electron chi connectivity index (χ4n) is 3.15. The van der Waals surface area contributed by atoms with Crippen molar-refractivity contribution in [2.24, 2.45) is 5.14 Å². The van der Waals surface area contributed by atoms with Gasteiger partial charge in [0, 0.05) is 18.7 Å². The third-order valence-corrected chi connectivity index (χ3v) is 5.55. The Morgan fingerprint density at radius 3 is 2.62 bits per heavy atom. The maximum absolute atomic E-state index is 12.4. The Morgan fingerprint density at radius 1 is 1.19 bits per heavy atom. The van der Waals surface area contributed by atoms with Crippen LogP contribution < -0.4 is 15.8 Å². The fourth-order valence-corrected chi connectivity index (χ4v) is 3.67. The Morgan fingerprint density at radius 2 is 1.96 bits per heavy atom. The molecule has 1 atom stereocenters. The molecule has 7 heteroatoms. The van der Waals surface area contributed by atoms with E-state index >= 15 is 0 Å². The lowest BCUT2D eigenvalue weighted by Gasteiger charge is -2.23. The van der Waals surface area contributed by atoms with E-state index in [-0.39, 0.29) is 10.8 Å². The number of nitrogens with two attached hydrogens (primary N) is 1. The van der Waals surface area contributed by atoms with Crippen LogP contribution in [0.1, 0.15) is 40.2 Å². The van der Waals surface area contributed by atoms with E-state index in [4.69, 9.17) is 5.14 Å². The third-order valence-electron chi connectivity index (χ3n) is 4.62. The van der Waals surface area contributed by atoms with Crippen molar-refractivity contribution in [3.63, 3.8) is 0 Å². The summed E-state index contributed by atoms with van der Waals surface area (Å²) < 4.78 is 22.5. The van der Waals surface area contributed by atoms with Gasteiger partial charge in [0.25, 0.3) is 5.91 Å². The lowest BCUT2D eigenvalue weighted by Crippen LogP contribution is -2.28. The molecule has 2 aromatic carbocycles. The lowest BCUT2D eigenvalue weighted by atomic mass is 9.90. The van der Waals surface area contributed by atoms with Crippen LogP contribution in [0.4, 0.5) is 0 Å². The molecule has 1 heterocycles. The van der Waals surface area contributed by atoms with Gasteiger partial charge in [-0.3, -0.25) is 4.79 Å². The predicted molar refractivity (Wildman–Crippen MR) is 100 cm³/mol. The Hall–Kier alpha value is -2.22. The Bertz CT molecular complexity index is 873. The van der Waals surface area contributed by atoms with Crippen LogP contribution in [0, 0.1) is 0 Å². The summed E-state index contributed by atoms with van der Waals surface area (Å²) in [5.41, 5.74) is 2.62. The summed E-state index contributed by atoms with van der Waals surface area (Å²) in [6, 6.07) is 13.9. The smallest absolute Gasteiger partial charge is 0.251 e. The number of nitrogens with one attached hydrogen (secondary N) is 2. The second-order valence-corrected chi connectivity index (χ2v) is 8.10. The standard InChI is InChI=1S/C19H23N3O3S/c20-26(24,25)18-8-6-14(7-9-18)12-22-19(23)16-4-1-3-15(11-16)17-5-2-10-21-13-17/h1,3-4,6-9,11,17,21H,2,5,10,12-13H2,(H,22,23)(H2,20,24,25)/t17-/m0/s1. The van der Waals surface area contributed by atoms with Gasteiger partial charge >= 0.3 is 0 Å². The second kappa shape index (κ2) is 7.99. The molecule has 0 aliphatic carbocycles. The van der Waals surface area contributed by atoms with Gasteiger partial charge in [-0.15, -0.1) is 0 Å². The van der Waals surface area contributed by atoms with E-state index in [9.17, 15) is 13.2 Å². The highest BCUT2D eigenvalue weighted by molar-refractivity contribution is 7.89. The number of carbonyl (C=O) groups is 1. The first-order chi connectivity index (χ1) is 12.4. The van der Waals surface area contributed by atoms with E-state index in [1.807, 2.05) is 12.1 Å². The lowest BCUT2D eigenvalue weighted by molar-refractivity contribution is 0.0950. The molecule has 0 unspecified atom stereocenters. The number of sulfonamides is 1. The van der Waals surface area contributed by atoms with Crippen molar-refractivity contribution in [3.05, 3.63) is 65.2 Å². The molecule has 6 nitrogen and oxygen atoms in total. The van der Waals surface area contributed by atoms with Gasteiger partial charge in [0.15, 0.2) is 0 Å². The molecule has 138 valence electrons. The first-order valence-corrected chi connectivity index (χ1v) is 10.2. The minimum Gasteiger partial charge on any atom is -0.348 e. The van der Waals surface area contributed by atoms with Gasteiger partial charge in [-0.2, -0.15) is 0 Å². The van der Waals surface area contributed by atoms with Gasteiger partial charge in [0.1, 0.15) is 0 Å². The molecule has 0 spiro atoms. The Kier molecular flexibility index (Phi) is 5.70. The van der Waals surface area contributed by atoms with E-state index in [0.29, 0.717) is 18.0 Å². The molecule has 0 aromatic heterocycles. The summed E-state index contributed by atoms with van der Waals surface area (Å²) in [7, 11) is -3.70. The van der Waals surface area contributed by atoms with Crippen molar-refractivity contribution in [3.8, 4) is 0 Å². The molecule has 3 rings (SSSR count). The Labute approximate surface area is 153 Å². The molecule has 1 aliphatic rings. The monoisotopic (exact) mass is 373 g/mol. The van der Waals surface area contributed by atoms with Crippen LogP contribution in [-0.4, -0.2) is 27.4 Å². The van der Waals surface area contributed by atoms with E-state index in [1.165, 1.54) is 17.7 Å². The third kappa shape index (κ3) is 4.69. The number of hydrogen-bond donors (Lipinski definition) is 3. The number of carbonyl (C=O) groups excluding carboxylic acids is 1. The molecular formula is C19H23N3O3S. The van der Waals surface area contributed by atoms with Crippen molar-refractivity contribution < 1.29 is 13.2 Å². The minimum absolute atomic E-state index is 0.0568. The van der Waals surface area contributed by atoms with Crippen molar-refractivity contribution in [1.82, 2.24) is 10.6 Å². The highest BCUT2D eigenvalue weighted by Gasteiger charge is 2.16. The number of amides is 1. The van der Waals surface area contributed by atoms with Crippen LogP contribution in [0.2, 0.25) is 0 Å². The minimum atomic E-state index is -3.70. The normalized spacial score (nSPS) is 17.7. The molecule has 1 aliphatic heterocycles. The maximum Gasteiger partial charge on any atom is 0.251 e. The van der Waals surface area contributed by atoms with E-state index in [2.05, 4.69) is 16.7 Å². The molecule has 0 saturated carbocycles. The van der Waals surface area contributed by atoms with E-state index in [1.54, 1.807) is 18.2 Å². The molecular weight excluding hydrogens is 350 g/mol. The number of piperidine rings is 1. The summed E-state index contributed by atoms with van der Waals surface area (Å²) in [6.45, 7) is 2.32. The zero-order valence-corrected chi connectivity index (χ0v) is 15.3. The maximum atomic E-state index is 12.4. The first kappa shape index (κ1) is 18.6. The first-order valence-electron chi connectivity index (χ1n) is 8.64. The highest BCUT2D eigenvalue weighted by atomic mass is 32.2. The summed E-state index contributed by atoms with van der Waals surface area (Å²) in [5, 5.41) is 11.3. The van der Waals surface area contributed by atoms with Crippen LogP contribution in [0.5, 0.6) is 0 Å². The van der Waals surface area contributed by atoms with Gasteiger partial charge in [-0.1, -0.05) is 24.3 Å². The largest absolute Gasteiger partial charge is 0.348 e. The number of hydrogen-bond acceptors (Lipinski definition) is 4. The average molecular weight is 373 g/mol. The summed E-state index contributed by atoms with van der Waals surface area (Å²) in [5.74, 6) is 0.299. The molecule has 26 heavy (non-hydrogen) atoms. The molecule has 1 fully saturated rings. The molecule has 0 bridgehead atoms. The van der Waals surface area contributed by atoms with Gasteiger partial charge in [-0.05, 0) is 60.7 Å². The average Bonchev–Trinajstić information content (AvgIpc) is 2.66. The fraction of sp³-hybridized carbons (Fsp3) is 0.316. The summed E-state index contributed by atoms with van der Waals surface area (Å²) >= 11 is 0. The highest BCUT2D eigenvalue weighted by Crippen LogP contribution is 2.23. The van der Waals surface area contributed by atoms with E-state index in [0.717, 1.165) is 31.5 Å². The summed E-state index contributed by atoms with van der Waals surface area (Å²) in [4.78, 5) is 12.5. The number of rotatable bonds is 5. The van der Waals surface area contributed by atoms with Crippen LogP contribution in [-0.2, 0) is 16.6 Å². The van der Waals surface area contributed by atoms with Crippen molar-refractivity contribution >= 4 is 15.9 Å². The molecule has 4 N–H and O–H groups in total. The van der Waals surface area contributed by atoms with Gasteiger partial charge in [0.2, 0.25) is 10.0 Å². The van der Waals surface area contributed by atoms with Gasteiger partial charge < -0.3 is 10.6 Å². The number of primary sulfonamides is 1. The summed E-state index contributed by atoms with van der Waals surface area (Å²) in [6.07, 6.45) is 2.28. The van der Waals surface area contributed by atoms with Crippen molar-refractivity contribution in [1.29, 1.82) is 0 Å². The molecule has 1 amide bonds. The van der Waals surface area contributed by atoms with E-state index < -0.39 is 10.0 Å². The predicted octanol–water partition coefficient (Wildman–Crippen LogP) is 1.73. The molecule has 1 saturated heterocycles. The number of benzene rings is 2. The van der Waals surface area contributed by atoms with Crippen molar-refractivity contribution in [2.75, 3.05) is 13.1 Å². The van der Waals surface area contributed by atoms with Crippen LogP contribution in [0.25, 0.3) is 0 Å². The van der Waals surface area contributed by atoms with Crippen LogP contribution in [0.3, 0.4) is 0 Å². The zero-order chi connectivity index (χ0) is 18.6. The SMILES string of the molecule is NS(=O)(=O)c1ccc(CNC(=O)c2cccc([C@H]3CCCNC3)c2)cc1. The van der Waals surface area contributed by atoms with Crippen molar-refractivity contribution in [2.45, 2.75) is 30.2 Å². The topological polar surface area (TPSA) is 101 Å². The van der Waals surface area contributed by atoms with Crippen LogP contribution >= 0.6 is 0 Å². The quantitative estimate of drug-likeness (QED) is 0.743. The van der Waals surface area contributed by atoms with Gasteiger partial charge in [0.05, 0.1) is 4.90 Å². The molecule has 2 aromatic rings. The molecule has 0 radical (unpaired) electrons. The Balaban J connectivity index is 1.63. The van der Waals surface area contributed by atoms with Crippen LogP contribution in [0.15, 0.2) is 53.4 Å².